The summed E-state index contributed by atoms with van der Waals surface area (Å²) in [5, 5.41) is 28.4. The van der Waals surface area contributed by atoms with Crippen LogP contribution in [0.2, 0.25) is 0 Å². The van der Waals surface area contributed by atoms with Crippen molar-refractivity contribution in [3.63, 3.8) is 0 Å². The van der Waals surface area contributed by atoms with Crippen molar-refractivity contribution < 1.29 is 14.6 Å². The molecule has 0 aliphatic rings. The predicted molar refractivity (Wildman–Crippen MR) is 87.7 cm³/mol. The van der Waals surface area contributed by atoms with Crippen molar-refractivity contribution in [2.45, 2.75) is 19.9 Å². The molecular formula is C13H12BrN5O5. The van der Waals surface area contributed by atoms with Crippen LogP contribution in [0, 0.1) is 27.2 Å². The molecule has 0 bridgehead atoms. The van der Waals surface area contributed by atoms with Gasteiger partial charge in [-0.1, -0.05) is 0 Å². The highest BCUT2D eigenvalue weighted by molar-refractivity contribution is 9.10. The number of halogens is 1. The van der Waals surface area contributed by atoms with Crippen molar-refractivity contribution in [1.29, 1.82) is 0 Å². The third-order valence-corrected chi connectivity index (χ3v) is 3.61. The van der Waals surface area contributed by atoms with Gasteiger partial charge in [-0.3, -0.25) is 29.7 Å². The monoisotopic (exact) mass is 397 g/mol. The number of carbonyl (C=O) groups excluding carboxylic acids is 1. The molecule has 2 rings (SSSR count). The fraction of sp³-hybridized carbons (Fsp3) is 0.231. The fourth-order valence-electron chi connectivity index (χ4n) is 2.04. The molecule has 11 heteroatoms. The summed E-state index contributed by atoms with van der Waals surface area (Å²) in [6.07, 6.45) is 3.32. The molecule has 0 fully saturated rings. The Kier molecular flexibility index (Phi) is 5.24. The van der Waals surface area contributed by atoms with E-state index in [9.17, 15) is 25.0 Å². The maximum absolute atomic E-state index is 11.9. The Labute approximate surface area is 143 Å². The number of nitrogens with zero attached hydrogens (tertiary/aromatic N) is 4. The molecule has 0 unspecified atom stereocenters. The number of anilines is 1. The third kappa shape index (κ3) is 4.13. The second-order valence-corrected chi connectivity index (χ2v) is 5.79. The molecular weight excluding hydrogens is 386 g/mol. The molecule has 1 heterocycles. The largest absolute Gasteiger partial charge is 0.326 e. The second-order valence-electron chi connectivity index (χ2n) is 4.87. The maximum Gasteiger partial charge on any atom is 0.281 e. The topological polar surface area (TPSA) is 133 Å². The summed E-state index contributed by atoms with van der Waals surface area (Å²) in [5.74, 6) is -0.436. The minimum Gasteiger partial charge on any atom is -0.326 e. The fourth-order valence-corrected chi connectivity index (χ4v) is 2.36. The molecule has 2 aromatic rings. The highest BCUT2D eigenvalue weighted by Crippen LogP contribution is 2.31. The molecule has 1 aromatic heterocycles. The first-order valence-electron chi connectivity index (χ1n) is 6.69. The quantitative estimate of drug-likeness (QED) is 0.588. The lowest BCUT2D eigenvalue weighted by Gasteiger charge is -2.07. The Hall–Kier alpha value is -2.82. The van der Waals surface area contributed by atoms with Crippen LogP contribution in [-0.4, -0.2) is 25.5 Å². The molecule has 0 radical (unpaired) electrons. The zero-order valence-corrected chi connectivity index (χ0v) is 14.0. The number of nitro benzene ring substituents is 2. The summed E-state index contributed by atoms with van der Waals surface area (Å²) in [5.41, 5.74) is -0.902. The van der Waals surface area contributed by atoms with Crippen molar-refractivity contribution in [1.82, 2.24) is 9.78 Å². The number of hydrogen-bond acceptors (Lipinski definition) is 6. The Morgan fingerprint density at radius 1 is 1.29 bits per heavy atom. The van der Waals surface area contributed by atoms with Crippen molar-refractivity contribution >= 4 is 38.9 Å². The van der Waals surface area contributed by atoms with Gasteiger partial charge in [-0.15, -0.1) is 0 Å². The van der Waals surface area contributed by atoms with Gasteiger partial charge in [-0.05, 0) is 22.9 Å². The summed E-state index contributed by atoms with van der Waals surface area (Å²) >= 11 is 3.23. The van der Waals surface area contributed by atoms with Gasteiger partial charge >= 0.3 is 0 Å². The van der Waals surface area contributed by atoms with Gasteiger partial charge in [-0.2, -0.15) is 5.10 Å². The van der Waals surface area contributed by atoms with Crippen LogP contribution in [0.1, 0.15) is 12.0 Å². The Morgan fingerprint density at radius 2 is 1.88 bits per heavy atom. The summed E-state index contributed by atoms with van der Waals surface area (Å²) in [4.78, 5) is 32.5. The SMILES string of the molecule is Cc1c([N+](=O)[O-])cc(NC(=O)CCn2cc(Br)cn2)cc1[N+](=O)[O-]. The minimum absolute atomic E-state index is 0.00523. The minimum atomic E-state index is -0.723. The van der Waals surface area contributed by atoms with Crippen molar-refractivity contribution in [2.75, 3.05) is 5.32 Å². The van der Waals surface area contributed by atoms with Crippen LogP contribution >= 0.6 is 15.9 Å². The van der Waals surface area contributed by atoms with Crippen LogP contribution < -0.4 is 5.32 Å². The summed E-state index contributed by atoms with van der Waals surface area (Å²) in [7, 11) is 0. The third-order valence-electron chi connectivity index (χ3n) is 3.20. The molecule has 0 aliphatic carbocycles. The van der Waals surface area contributed by atoms with Crippen LogP contribution in [0.25, 0.3) is 0 Å². The van der Waals surface area contributed by atoms with E-state index in [-0.39, 0.29) is 17.7 Å². The van der Waals surface area contributed by atoms with Crippen LogP contribution in [0.4, 0.5) is 17.1 Å². The molecule has 0 aliphatic heterocycles. The zero-order valence-electron chi connectivity index (χ0n) is 12.4. The Morgan fingerprint density at radius 3 is 2.33 bits per heavy atom. The molecule has 0 saturated carbocycles. The molecule has 0 spiro atoms. The van der Waals surface area contributed by atoms with Crippen LogP contribution in [0.5, 0.6) is 0 Å². The zero-order chi connectivity index (χ0) is 17.9. The van der Waals surface area contributed by atoms with Gasteiger partial charge in [0.2, 0.25) is 5.91 Å². The number of nitrogens with one attached hydrogen (secondary N) is 1. The number of rotatable bonds is 6. The smallest absolute Gasteiger partial charge is 0.281 e. The highest BCUT2D eigenvalue weighted by Gasteiger charge is 2.23. The van der Waals surface area contributed by atoms with Gasteiger partial charge in [-0.25, -0.2) is 0 Å². The van der Waals surface area contributed by atoms with E-state index in [1.54, 1.807) is 17.1 Å². The standard InChI is InChI=1S/C13H12BrN5O5/c1-8-11(18(21)22)4-10(5-12(8)19(23)24)16-13(20)2-3-17-7-9(14)6-15-17/h4-7H,2-3H2,1H3,(H,16,20). The van der Waals surface area contributed by atoms with E-state index in [2.05, 4.69) is 26.3 Å². The first-order chi connectivity index (χ1) is 11.3. The average molecular weight is 398 g/mol. The van der Waals surface area contributed by atoms with Gasteiger partial charge in [0.1, 0.15) is 5.56 Å². The maximum atomic E-state index is 11.9. The van der Waals surface area contributed by atoms with Crippen LogP contribution in [-0.2, 0) is 11.3 Å². The number of aryl methyl sites for hydroxylation is 1. The Bertz CT molecular complexity index is 784. The van der Waals surface area contributed by atoms with E-state index in [0.717, 1.165) is 16.6 Å². The van der Waals surface area contributed by atoms with Gasteiger partial charge < -0.3 is 5.32 Å². The van der Waals surface area contributed by atoms with E-state index in [1.807, 2.05) is 0 Å². The lowest BCUT2D eigenvalue weighted by molar-refractivity contribution is -0.395. The summed E-state index contributed by atoms with van der Waals surface area (Å²) in [6, 6.07) is 2.20. The van der Waals surface area contributed by atoms with Gasteiger partial charge in [0, 0.05) is 31.3 Å². The van der Waals surface area contributed by atoms with E-state index in [0.29, 0.717) is 6.54 Å². The second kappa shape index (κ2) is 7.17. The summed E-state index contributed by atoms with van der Waals surface area (Å²) < 4.78 is 2.32. The van der Waals surface area contributed by atoms with E-state index in [1.165, 1.54) is 6.92 Å². The molecule has 24 heavy (non-hydrogen) atoms. The highest BCUT2D eigenvalue weighted by atomic mass is 79.9. The number of hydrogen-bond donors (Lipinski definition) is 1. The average Bonchev–Trinajstić information content (AvgIpc) is 2.92. The first kappa shape index (κ1) is 17.5. The summed E-state index contributed by atoms with van der Waals surface area (Å²) in [6.45, 7) is 1.59. The first-order valence-corrected chi connectivity index (χ1v) is 7.48. The molecule has 0 atom stereocenters. The predicted octanol–water partition coefficient (Wildman–Crippen LogP) is 2.80. The van der Waals surface area contributed by atoms with E-state index in [4.69, 9.17) is 0 Å². The molecule has 0 saturated heterocycles. The molecule has 1 N–H and O–H groups in total. The number of amides is 1. The van der Waals surface area contributed by atoms with E-state index < -0.39 is 27.1 Å². The molecule has 1 amide bonds. The van der Waals surface area contributed by atoms with Gasteiger partial charge in [0.15, 0.2) is 0 Å². The number of nitro groups is 2. The number of aromatic nitrogens is 2. The van der Waals surface area contributed by atoms with E-state index >= 15 is 0 Å². The normalized spacial score (nSPS) is 10.4. The lowest BCUT2D eigenvalue weighted by atomic mass is 10.1. The van der Waals surface area contributed by atoms with Crippen molar-refractivity contribution in [2.24, 2.45) is 0 Å². The molecule has 1 aromatic carbocycles. The molecule has 126 valence electrons. The van der Waals surface area contributed by atoms with Crippen LogP contribution in [0.15, 0.2) is 29.0 Å². The molecule has 10 nitrogen and oxygen atoms in total. The number of benzene rings is 1. The Balaban J connectivity index is 2.14. The lowest BCUT2D eigenvalue weighted by Crippen LogP contribution is -2.15. The van der Waals surface area contributed by atoms with Crippen molar-refractivity contribution in [3.05, 3.63) is 54.8 Å². The number of carbonyl (C=O) groups is 1. The van der Waals surface area contributed by atoms with Crippen molar-refractivity contribution in [3.8, 4) is 0 Å². The van der Waals surface area contributed by atoms with Crippen LogP contribution in [0.3, 0.4) is 0 Å². The van der Waals surface area contributed by atoms with Gasteiger partial charge in [0.05, 0.1) is 26.2 Å². The van der Waals surface area contributed by atoms with Gasteiger partial charge in [0.25, 0.3) is 11.4 Å².